The summed E-state index contributed by atoms with van der Waals surface area (Å²) in [5.41, 5.74) is 1.79. The van der Waals surface area contributed by atoms with Gasteiger partial charge in [-0.25, -0.2) is 9.97 Å². The smallest absolute Gasteiger partial charge is 0.275 e. The molecule has 0 aliphatic heterocycles. The average Bonchev–Trinajstić information content (AvgIpc) is 2.72. The molecule has 2 N–H and O–H groups in total. The van der Waals surface area contributed by atoms with E-state index in [4.69, 9.17) is 21.1 Å². The molecule has 8 heteroatoms. The van der Waals surface area contributed by atoms with Crippen molar-refractivity contribution in [3.8, 4) is 11.5 Å². The fourth-order valence-electron chi connectivity index (χ4n) is 2.48. The fraction of sp³-hybridized carbons (Fsp3) is 0.150. The van der Waals surface area contributed by atoms with E-state index in [2.05, 4.69) is 20.6 Å². The summed E-state index contributed by atoms with van der Waals surface area (Å²) in [4.78, 5) is 20.6. The fourth-order valence-corrected chi connectivity index (χ4v) is 2.67. The van der Waals surface area contributed by atoms with Crippen molar-refractivity contribution in [2.24, 2.45) is 0 Å². The zero-order valence-corrected chi connectivity index (χ0v) is 16.2. The number of hydrogen-bond acceptors (Lipinski definition) is 6. The van der Waals surface area contributed by atoms with Gasteiger partial charge in [0.25, 0.3) is 5.91 Å². The first-order valence-corrected chi connectivity index (χ1v) is 8.80. The normalized spacial score (nSPS) is 10.2. The maximum atomic E-state index is 12.2. The molecule has 0 radical (unpaired) electrons. The Morgan fingerprint density at radius 3 is 2.54 bits per heavy atom. The number of nitrogens with one attached hydrogen (secondary N) is 2. The van der Waals surface area contributed by atoms with E-state index >= 15 is 0 Å². The third-order valence-electron chi connectivity index (χ3n) is 3.89. The van der Waals surface area contributed by atoms with Crippen molar-refractivity contribution < 1.29 is 14.3 Å². The number of ether oxygens (including phenoxy) is 2. The zero-order chi connectivity index (χ0) is 19.9. The number of nitrogens with zero attached hydrogens (tertiary/aromatic N) is 2. The number of carbonyl (C=O) groups is 1. The van der Waals surface area contributed by atoms with Gasteiger partial charge in [0.1, 0.15) is 11.5 Å². The van der Waals surface area contributed by atoms with Crippen LogP contribution in [0.3, 0.4) is 0 Å². The highest BCUT2D eigenvalue weighted by atomic mass is 35.5. The number of rotatable bonds is 7. The molecule has 0 fully saturated rings. The molecule has 144 valence electrons. The lowest BCUT2D eigenvalue weighted by Crippen LogP contribution is -2.14. The third-order valence-corrected chi connectivity index (χ3v) is 4.12. The Kier molecular flexibility index (Phi) is 6.29. The molecule has 0 aliphatic carbocycles. The Balaban J connectivity index is 1.60. The monoisotopic (exact) mass is 398 g/mol. The first-order chi connectivity index (χ1) is 13.6. The van der Waals surface area contributed by atoms with Gasteiger partial charge < -0.3 is 20.1 Å². The molecule has 1 amide bonds. The number of methoxy groups -OCH3 is 2. The lowest BCUT2D eigenvalue weighted by atomic mass is 10.2. The molecule has 0 atom stereocenters. The van der Waals surface area contributed by atoms with Crippen molar-refractivity contribution in [1.82, 2.24) is 9.97 Å². The SMILES string of the molecule is COc1ccc(CNc2cnc(C(=O)Nc3cccc(Cl)c3)cn2)cc1OC. The molecule has 1 heterocycles. The van der Waals surface area contributed by atoms with Gasteiger partial charge >= 0.3 is 0 Å². The van der Waals surface area contributed by atoms with Crippen LogP contribution in [0.25, 0.3) is 0 Å². The minimum absolute atomic E-state index is 0.205. The van der Waals surface area contributed by atoms with Crippen molar-refractivity contribution in [3.05, 3.63) is 71.1 Å². The summed E-state index contributed by atoms with van der Waals surface area (Å²) in [5.74, 6) is 1.51. The van der Waals surface area contributed by atoms with Gasteiger partial charge in [-0.3, -0.25) is 4.79 Å². The molecular weight excluding hydrogens is 380 g/mol. The molecule has 2 aromatic carbocycles. The molecule has 3 aromatic rings. The van der Waals surface area contributed by atoms with Crippen molar-refractivity contribution in [3.63, 3.8) is 0 Å². The van der Waals surface area contributed by atoms with Crippen LogP contribution >= 0.6 is 11.6 Å². The van der Waals surface area contributed by atoms with E-state index in [1.54, 1.807) is 38.5 Å². The van der Waals surface area contributed by atoms with Crippen LogP contribution in [0, 0.1) is 0 Å². The molecule has 28 heavy (non-hydrogen) atoms. The van der Waals surface area contributed by atoms with Crippen LogP contribution < -0.4 is 20.1 Å². The third kappa shape index (κ3) is 4.89. The highest BCUT2D eigenvalue weighted by Gasteiger charge is 2.09. The molecule has 0 unspecified atom stereocenters. The Bertz CT molecular complexity index is 964. The molecule has 0 bridgehead atoms. The molecule has 7 nitrogen and oxygen atoms in total. The van der Waals surface area contributed by atoms with E-state index in [1.807, 2.05) is 18.2 Å². The second-order valence-corrected chi connectivity index (χ2v) is 6.23. The largest absolute Gasteiger partial charge is 0.493 e. The summed E-state index contributed by atoms with van der Waals surface area (Å²) in [6.45, 7) is 0.517. The summed E-state index contributed by atoms with van der Waals surface area (Å²) in [5, 5.41) is 6.42. The van der Waals surface area contributed by atoms with Gasteiger partial charge in [-0.1, -0.05) is 23.7 Å². The molecule has 0 spiro atoms. The van der Waals surface area contributed by atoms with Gasteiger partial charge in [0.2, 0.25) is 0 Å². The number of halogens is 1. The van der Waals surface area contributed by atoms with E-state index in [9.17, 15) is 4.79 Å². The number of hydrogen-bond donors (Lipinski definition) is 2. The second-order valence-electron chi connectivity index (χ2n) is 5.79. The van der Waals surface area contributed by atoms with Crippen LogP contribution in [0.2, 0.25) is 5.02 Å². The number of anilines is 2. The minimum atomic E-state index is -0.360. The molecule has 0 saturated carbocycles. The zero-order valence-electron chi connectivity index (χ0n) is 15.4. The molecule has 1 aromatic heterocycles. The Hall–Kier alpha value is -3.32. The van der Waals surface area contributed by atoms with E-state index in [0.717, 1.165) is 5.56 Å². The Morgan fingerprint density at radius 2 is 1.86 bits per heavy atom. The van der Waals surface area contributed by atoms with Crippen LogP contribution in [0.15, 0.2) is 54.9 Å². The lowest BCUT2D eigenvalue weighted by Gasteiger charge is -2.10. The molecule has 0 saturated heterocycles. The first kappa shape index (κ1) is 19.4. The van der Waals surface area contributed by atoms with Crippen LogP contribution in [0.4, 0.5) is 11.5 Å². The molecule has 0 aliphatic rings. The number of aromatic nitrogens is 2. The van der Waals surface area contributed by atoms with Gasteiger partial charge in [0.15, 0.2) is 11.5 Å². The van der Waals surface area contributed by atoms with Crippen molar-refractivity contribution >= 4 is 29.0 Å². The predicted molar refractivity (Wildman–Crippen MR) is 108 cm³/mol. The number of amides is 1. The van der Waals surface area contributed by atoms with Gasteiger partial charge in [-0.2, -0.15) is 0 Å². The number of benzene rings is 2. The van der Waals surface area contributed by atoms with Crippen LogP contribution in [-0.4, -0.2) is 30.1 Å². The maximum Gasteiger partial charge on any atom is 0.275 e. The van der Waals surface area contributed by atoms with Crippen molar-refractivity contribution in [1.29, 1.82) is 0 Å². The van der Waals surface area contributed by atoms with Crippen molar-refractivity contribution in [2.75, 3.05) is 24.9 Å². The molecular formula is C20H19ClN4O3. The standard InChI is InChI=1S/C20H19ClN4O3/c1-27-17-7-6-13(8-18(17)28-2)10-23-19-12-22-16(11-24-19)20(26)25-15-5-3-4-14(21)9-15/h3-9,11-12H,10H2,1-2H3,(H,23,24)(H,25,26). The van der Waals surface area contributed by atoms with E-state index in [0.29, 0.717) is 34.6 Å². The summed E-state index contributed by atoms with van der Waals surface area (Å²) in [7, 11) is 3.18. The Labute approximate surface area is 167 Å². The van der Waals surface area contributed by atoms with Crippen molar-refractivity contribution in [2.45, 2.75) is 6.54 Å². The van der Waals surface area contributed by atoms with E-state index in [-0.39, 0.29) is 11.6 Å². The quantitative estimate of drug-likeness (QED) is 0.625. The highest BCUT2D eigenvalue weighted by molar-refractivity contribution is 6.30. The highest BCUT2D eigenvalue weighted by Crippen LogP contribution is 2.27. The van der Waals surface area contributed by atoms with E-state index < -0.39 is 0 Å². The Morgan fingerprint density at radius 1 is 1.04 bits per heavy atom. The van der Waals surface area contributed by atoms with Gasteiger partial charge in [0, 0.05) is 17.3 Å². The topological polar surface area (TPSA) is 85.4 Å². The minimum Gasteiger partial charge on any atom is -0.493 e. The van der Waals surface area contributed by atoms with Crippen LogP contribution in [0.5, 0.6) is 11.5 Å². The predicted octanol–water partition coefficient (Wildman–Crippen LogP) is 4.01. The van der Waals surface area contributed by atoms with Crippen LogP contribution in [0.1, 0.15) is 16.1 Å². The summed E-state index contributed by atoms with van der Waals surface area (Å²) in [6.07, 6.45) is 2.92. The summed E-state index contributed by atoms with van der Waals surface area (Å²) >= 11 is 5.91. The van der Waals surface area contributed by atoms with E-state index in [1.165, 1.54) is 12.4 Å². The van der Waals surface area contributed by atoms with Crippen LogP contribution in [-0.2, 0) is 6.54 Å². The lowest BCUT2D eigenvalue weighted by molar-refractivity contribution is 0.102. The summed E-state index contributed by atoms with van der Waals surface area (Å²) in [6, 6.07) is 12.5. The average molecular weight is 399 g/mol. The maximum absolute atomic E-state index is 12.2. The summed E-state index contributed by atoms with van der Waals surface area (Å²) < 4.78 is 10.5. The second kappa shape index (κ2) is 9.05. The first-order valence-electron chi connectivity index (χ1n) is 8.43. The van der Waals surface area contributed by atoms with Gasteiger partial charge in [-0.15, -0.1) is 0 Å². The number of carbonyl (C=O) groups excluding carboxylic acids is 1. The molecule has 3 rings (SSSR count). The van der Waals surface area contributed by atoms with Gasteiger partial charge in [0.05, 0.1) is 26.6 Å². The van der Waals surface area contributed by atoms with Gasteiger partial charge in [-0.05, 0) is 35.9 Å².